The Hall–Kier alpha value is -2.52. The molecule has 2 heterocycles. The van der Waals surface area contributed by atoms with E-state index in [-0.39, 0.29) is 16.7 Å². The van der Waals surface area contributed by atoms with Crippen LogP contribution in [0, 0.1) is 0 Å². The fourth-order valence-corrected chi connectivity index (χ4v) is 6.85. The van der Waals surface area contributed by atoms with Crippen molar-refractivity contribution < 1.29 is 14.7 Å². The smallest absolute Gasteiger partial charge is 0.319 e. The van der Waals surface area contributed by atoms with Gasteiger partial charge in [-0.05, 0) is 64.9 Å². The maximum Gasteiger partial charge on any atom is 0.319 e. The maximum absolute atomic E-state index is 13.5. The van der Waals surface area contributed by atoms with E-state index in [4.69, 9.17) is 0 Å². The van der Waals surface area contributed by atoms with Gasteiger partial charge >= 0.3 is 6.03 Å². The van der Waals surface area contributed by atoms with Crippen molar-refractivity contribution in [1.29, 1.82) is 0 Å². The number of aliphatic hydroxyl groups is 1. The molecular formula is C25H37N5O3S. The molecule has 186 valence electrons. The highest BCUT2D eigenvalue weighted by molar-refractivity contribution is 8.34. The number of nitrogens with one attached hydrogen (secondary N) is 3. The maximum atomic E-state index is 13.5. The molecule has 0 radical (unpaired) electrons. The summed E-state index contributed by atoms with van der Waals surface area (Å²) in [5.41, 5.74) is 0.637. The Kier molecular flexibility index (Phi) is 5.80. The van der Waals surface area contributed by atoms with Crippen LogP contribution >= 0.6 is 10.0 Å². The second-order valence-electron chi connectivity index (χ2n) is 11.3. The molecule has 3 amide bonds. The van der Waals surface area contributed by atoms with Crippen molar-refractivity contribution >= 4 is 27.8 Å². The predicted octanol–water partition coefficient (Wildman–Crippen LogP) is 3.85. The summed E-state index contributed by atoms with van der Waals surface area (Å²) in [5.74, 6) is 0.525. The molecule has 2 aromatic rings. The molecule has 0 saturated heterocycles. The van der Waals surface area contributed by atoms with Crippen LogP contribution in [0.5, 0.6) is 0 Å². The summed E-state index contributed by atoms with van der Waals surface area (Å²) in [6.07, 6.45) is 8.34. The molecule has 8 nitrogen and oxygen atoms in total. The molecule has 0 spiro atoms. The van der Waals surface area contributed by atoms with Gasteiger partial charge in [0.05, 0.1) is 34.2 Å². The minimum absolute atomic E-state index is 0.0242. The van der Waals surface area contributed by atoms with Crippen molar-refractivity contribution in [1.82, 2.24) is 20.4 Å². The van der Waals surface area contributed by atoms with Crippen molar-refractivity contribution in [3.63, 3.8) is 0 Å². The third-order valence-corrected chi connectivity index (χ3v) is 10.3. The highest BCUT2D eigenvalue weighted by atomic mass is 32.3. The van der Waals surface area contributed by atoms with Crippen LogP contribution in [-0.4, -0.2) is 61.3 Å². The molecule has 4 rings (SSSR count). The van der Waals surface area contributed by atoms with E-state index in [1.54, 1.807) is 18.7 Å². The first-order chi connectivity index (χ1) is 15.7. The predicted molar refractivity (Wildman–Crippen MR) is 137 cm³/mol. The number of fused-ring (bicyclic) bond motifs is 1. The molecule has 0 bridgehead atoms. The fourth-order valence-electron chi connectivity index (χ4n) is 4.91. The summed E-state index contributed by atoms with van der Waals surface area (Å²) in [6.45, 7) is 7.58. The Balaban J connectivity index is 1.55. The summed E-state index contributed by atoms with van der Waals surface area (Å²) in [5, 5.41) is 24.3. The van der Waals surface area contributed by atoms with Crippen molar-refractivity contribution in [3.8, 4) is 0 Å². The van der Waals surface area contributed by atoms with Gasteiger partial charge in [0, 0.05) is 5.56 Å². The van der Waals surface area contributed by atoms with E-state index < -0.39 is 27.2 Å². The van der Waals surface area contributed by atoms with Crippen molar-refractivity contribution in [2.45, 2.75) is 69.0 Å². The number of carbonyl (C=O) groups is 2. The third-order valence-electron chi connectivity index (χ3n) is 7.34. The van der Waals surface area contributed by atoms with Gasteiger partial charge in [-0.3, -0.25) is 9.89 Å². The van der Waals surface area contributed by atoms with E-state index in [2.05, 4.69) is 39.6 Å². The normalized spacial score (nSPS) is 19.8. The van der Waals surface area contributed by atoms with Crippen LogP contribution in [-0.2, 0) is 16.9 Å². The van der Waals surface area contributed by atoms with Gasteiger partial charge in [0.1, 0.15) is 0 Å². The van der Waals surface area contributed by atoms with Crippen molar-refractivity contribution in [2.24, 2.45) is 0 Å². The summed E-state index contributed by atoms with van der Waals surface area (Å²) >= 11 is 0. The zero-order valence-corrected chi connectivity index (χ0v) is 22.0. The molecule has 1 aromatic heterocycles. The molecule has 1 aliphatic carbocycles. The van der Waals surface area contributed by atoms with Gasteiger partial charge in [-0.1, -0.05) is 30.3 Å². The molecule has 34 heavy (non-hydrogen) atoms. The zero-order chi connectivity index (χ0) is 25.1. The van der Waals surface area contributed by atoms with Crippen LogP contribution in [0.4, 0.5) is 10.6 Å². The van der Waals surface area contributed by atoms with Gasteiger partial charge in [-0.15, -0.1) is 0 Å². The second kappa shape index (κ2) is 8.02. The van der Waals surface area contributed by atoms with Gasteiger partial charge in [-0.2, -0.15) is 5.10 Å². The zero-order valence-electron chi connectivity index (χ0n) is 21.2. The molecule has 1 saturated carbocycles. The molecule has 1 aliphatic heterocycles. The number of H-pyrrole nitrogens is 1. The number of benzene rings is 1. The van der Waals surface area contributed by atoms with E-state index in [1.165, 1.54) is 0 Å². The van der Waals surface area contributed by atoms with E-state index in [0.29, 0.717) is 12.4 Å². The lowest BCUT2D eigenvalue weighted by atomic mass is 9.92. The fraction of sp³-hybridized carbons (Fsp3) is 0.560. The number of aromatic nitrogens is 2. The average Bonchev–Trinajstić information content (AvgIpc) is 3.40. The third kappa shape index (κ3) is 4.09. The van der Waals surface area contributed by atoms with Crippen LogP contribution in [0.1, 0.15) is 63.4 Å². The number of rotatable bonds is 6. The monoisotopic (exact) mass is 487 g/mol. The van der Waals surface area contributed by atoms with E-state index in [9.17, 15) is 14.7 Å². The lowest BCUT2D eigenvalue weighted by Crippen LogP contribution is -2.51. The molecule has 1 fully saturated rings. The molecule has 9 heteroatoms. The van der Waals surface area contributed by atoms with Crippen LogP contribution in [0.2, 0.25) is 0 Å². The standard InChI is InChI=1S/C25H37N5O3S/c1-23(2)19-17(20(29-28-19)27-21(31)25(13-14-25)34(5,6)7)15-30(23)22(32)26-18(24(3,4)33)16-11-9-8-10-12-16/h8-12,18,33H,13-15H2,1-7H3,(H,26,32)(H2,27,28,29,31)/t18-/m0/s1. The first kappa shape index (κ1) is 24.6. The molecule has 1 atom stereocenters. The Bertz CT molecular complexity index is 1090. The second-order valence-corrected chi connectivity index (χ2v) is 15.8. The Morgan fingerprint density at radius 1 is 1.18 bits per heavy atom. The summed E-state index contributed by atoms with van der Waals surface area (Å²) < 4.78 is -0.292. The molecule has 0 unspecified atom stereocenters. The summed E-state index contributed by atoms with van der Waals surface area (Å²) in [7, 11) is -1.06. The molecule has 2 aliphatic rings. The van der Waals surface area contributed by atoms with Gasteiger partial charge in [-0.25, -0.2) is 14.8 Å². The Morgan fingerprint density at radius 3 is 2.32 bits per heavy atom. The number of amides is 3. The first-order valence-corrected chi connectivity index (χ1v) is 14.5. The van der Waals surface area contributed by atoms with Crippen LogP contribution < -0.4 is 10.6 Å². The quantitative estimate of drug-likeness (QED) is 0.496. The molecule has 1 aromatic carbocycles. The van der Waals surface area contributed by atoms with Crippen LogP contribution in [0.25, 0.3) is 0 Å². The lowest BCUT2D eigenvalue weighted by molar-refractivity contribution is -0.116. The number of hydrogen-bond donors (Lipinski definition) is 4. The van der Waals surface area contributed by atoms with E-state index >= 15 is 0 Å². The lowest BCUT2D eigenvalue weighted by Gasteiger charge is -2.36. The highest BCUT2D eigenvalue weighted by Crippen LogP contribution is 2.64. The molecular weight excluding hydrogens is 450 g/mol. The number of aromatic amines is 1. The molecule has 4 N–H and O–H groups in total. The van der Waals surface area contributed by atoms with Gasteiger partial charge in [0.15, 0.2) is 5.82 Å². The van der Waals surface area contributed by atoms with E-state index in [1.807, 2.05) is 44.2 Å². The Labute approximate surface area is 203 Å². The van der Waals surface area contributed by atoms with Gasteiger partial charge < -0.3 is 20.6 Å². The minimum Gasteiger partial charge on any atom is -0.388 e. The number of carbonyl (C=O) groups excluding carboxylic acids is 2. The number of anilines is 1. The number of nitrogens with zero attached hydrogens (tertiary/aromatic N) is 2. The number of urea groups is 1. The van der Waals surface area contributed by atoms with Gasteiger partial charge in [0.25, 0.3) is 0 Å². The van der Waals surface area contributed by atoms with E-state index in [0.717, 1.165) is 29.7 Å². The van der Waals surface area contributed by atoms with Crippen LogP contribution in [0.3, 0.4) is 0 Å². The summed E-state index contributed by atoms with van der Waals surface area (Å²) in [4.78, 5) is 28.4. The van der Waals surface area contributed by atoms with Gasteiger partial charge in [0.2, 0.25) is 5.91 Å². The van der Waals surface area contributed by atoms with Crippen LogP contribution in [0.15, 0.2) is 30.3 Å². The number of hydrogen-bond acceptors (Lipinski definition) is 4. The van der Waals surface area contributed by atoms with Crippen molar-refractivity contribution in [2.75, 3.05) is 24.1 Å². The topological polar surface area (TPSA) is 110 Å². The average molecular weight is 488 g/mol. The highest BCUT2D eigenvalue weighted by Gasteiger charge is 2.56. The Morgan fingerprint density at radius 2 is 1.79 bits per heavy atom. The first-order valence-electron chi connectivity index (χ1n) is 11.6. The SMILES string of the molecule is CC(C)(O)[C@@H](NC(=O)N1Cc2c(NC(=O)C3(S(C)(C)C)CC3)n[nH]c2C1(C)C)c1ccccc1. The largest absolute Gasteiger partial charge is 0.388 e. The van der Waals surface area contributed by atoms with Crippen molar-refractivity contribution in [3.05, 3.63) is 47.2 Å². The minimum atomic E-state index is -1.16. The summed E-state index contributed by atoms with van der Waals surface area (Å²) in [6, 6.07) is 8.58.